The molecule has 0 aliphatic carbocycles. The van der Waals surface area contributed by atoms with E-state index in [4.69, 9.17) is 0 Å². The minimum absolute atomic E-state index is 0.261. The van der Waals surface area contributed by atoms with Gasteiger partial charge in [-0.25, -0.2) is 9.78 Å². The van der Waals surface area contributed by atoms with Gasteiger partial charge in [0.2, 0.25) is 5.82 Å². The van der Waals surface area contributed by atoms with Gasteiger partial charge in [-0.05, 0) is 12.1 Å². The monoisotopic (exact) mass is 229 g/mol. The van der Waals surface area contributed by atoms with Crippen LogP contribution in [0.25, 0.3) is 23.0 Å². The molecule has 7 heteroatoms. The number of aromatic nitrogens is 5. The second-order valence-electron chi connectivity index (χ2n) is 3.30. The summed E-state index contributed by atoms with van der Waals surface area (Å²) in [7, 11) is 0. The van der Waals surface area contributed by atoms with E-state index < -0.39 is 5.76 Å². The lowest BCUT2D eigenvalue weighted by atomic mass is 10.3. The molecule has 0 radical (unpaired) electrons. The first kappa shape index (κ1) is 9.52. The zero-order chi connectivity index (χ0) is 11.7. The number of H-pyrrole nitrogens is 2. The van der Waals surface area contributed by atoms with E-state index in [1.54, 1.807) is 12.4 Å². The summed E-state index contributed by atoms with van der Waals surface area (Å²) >= 11 is 0. The Hall–Kier alpha value is -2.70. The lowest BCUT2D eigenvalue weighted by molar-refractivity contribution is 0.387. The smallest absolute Gasteiger partial charge is 0.334 e. The molecule has 0 spiro atoms. The van der Waals surface area contributed by atoms with Crippen molar-refractivity contribution in [3.63, 3.8) is 0 Å². The maximum atomic E-state index is 10.8. The van der Waals surface area contributed by atoms with E-state index in [2.05, 4.69) is 29.6 Å². The highest BCUT2D eigenvalue weighted by Crippen LogP contribution is 2.16. The largest absolute Gasteiger partial charge is 0.439 e. The lowest BCUT2D eigenvalue weighted by Crippen LogP contribution is -1.95. The molecule has 0 aliphatic heterocycles. The molecule has 0 saturated carbocycles. The van der Waals surface area contributed by atoms with Crippen molar-refractivity contribution >= 4 is 0 Å². The van der Waals surface area contributed by atoms with Gasteiger partial charge in [-0.15, -0.1) is 0 Å². The minimum Gasteiger partial charge on any atom is -0.334 e. The van der Waals surface area contributed by atoms with Crippen molar-refractivity contribution in [3.8, 4) is 23.0 Å². The summed E-state index contributed by atoms with van der Waals surface area (Å²) < 4.78 is 4.40. The molecular formula is C10H7N5O2. The Labute approximate surface area is 94.5 Å². The van der Waals surface area contributed by atoms with Gasteiger partial charge in [-0.1, -0.05) is 11.2 Å². The van der Waals surface area contributed by atoms with Crippen LogP contribution in [0.3, 0.4) is 0 Å². The van der Waals surface area contributed by atoms with Crippen LogP contribution in [0, 0.1) is 0 Å². The van der Waals surface area contributed by atoms with Gasteiger partial charge in [0.25, 0.3) is 0 Å². The van der Waals surface area contributed by atoms with E-state index in [0.29, 0.717) is 5.82 Å². The fourth-order valence-electron chi connectivity index (χ4n) is 1.43. The Morgan fingerprint density at radius 1 is 1.12 bits per heavy atom. The summed E-state index contributed by atoms with van der Waals surface area (Å²) in [6.07, 6.45) is 3.30. The Kier molecular flexibility index (Phi) is 2.08. The summed E-state index contributed by atoms with van der Waals surface area (Å²) in [6.45, 7) is 0. The molecule has 3 aromatic heterocycles. The molecule has 0 saturated heterocycles. The van der Waals surface area contributed by atoms with Crippen LogP contribution >= 0.6 is 0 Å². The molecule has 0 amide bonds. The van der Waals surface area contributed by atoms with Gasteiger partial charge in [0, 0.05) is 6.20 Å². The standard InChI is InChI=1S/C10H7N5O2/c16-10-14-9(15-17-10)8-12-5-7(13-8)6-3-1-2-4-11-6/h1-5H,(H,12,13)(H,14,15,16). The topological polar surface area (TPSA) is 100 Å². The Morgan fingerprint density at radius 2 is 2.06 bits per heavy atom. The highest BCUT2D eigenvalue weighted by Gasteiger charge is 2.09. The van der Waals surface area contributed by atoms with E-state index >= 15 is 0 Å². The number of hydrogen-bond acceptors (Lipinski definition) is 5. The molecular weight excluding hydrogens is 222 g/mol. The number of nitrogens with one attached hydrogen (secondary N) is 2. The van der Waals surface area contributed by atoms with Crippen LogP contribution in [-0.2, 0) is 0 Å². The second-order valence-corrected chi connectivity index (χ2v) is 3.30. The molecule has 0 aliphatic rings. The van der Waals surface area contributed by atoms with E-state index in [0.717, 1.165) is 11.4 Å². The summed E-state index contributed by atoms with van der Waals surface area (Å²) in [5.41, 5.74) is 1.50. The number of hydrogen-bond donors (Lipinski definition) is 2. The normalized spacial score (nSPS) is 10.6. The van der Waals surface area contributed by atoms with Crippen LogP contribution in [-0.4, -0.2) is 25.1 Å². The third-order valence-corrected chi connectivity index (χ3v) is 2.18. The fourth-order valence-corrected chi connectivity index (χ4v) is 1.43. The molecule has 0 unspecified atom stereocenters. The second kappa shape index (κ2) is 3.71. The van der Waals surface area contributed by atoms with Crippen molar-refractivity contribution in [1.29, 1.82) is 0 Å². The summed E-state index contributed by atoms with van der Waals surface area (Å²) in [5.74, 6) is 0.0736. The molecule has 84 valence electrons. The molecule has 17 heavy (non-hydrogen) atoms. The molecule has 3 heterocycles. The maximum Gasteiger partial charge on any atom is 0.439 e. The first-order valence-corrected chi connectivity index (χ1v) is 4.86. The van der Waals surface area contributed by atoms with Crippen molar-refractivity contribution in [3.05, 3.63) is 41.1 Å². The lowest BCUT2D eigenvalue weighted by Gasteiger charge is -1.93. The van der Waals surface area contributed by atoms with Gasteiger partial charge in [0.15, 0.2) is 5.82 Å². The van der Waals surface area contributed by atoms with Gasteiger partial charge in [0.1, 0.15) is 0 Å². The predicted molar refractivity (Wildman–Crippen MR) is 57.9 cm³/mol. The highest BCUT2D eigenvalue weighted by molar-refractivity contribution is 5.57. The number of pyridine rings is 1. The first-order chi connectivity index (χ1) is 8.33. The van der Waals surface area contributed by atoms with Crippen molar-refractivity contribution in [2.75, 3.05) is 0 Å². The Bertz CT molecular complexity index is 682. The molecule has 3 rings (SSSR count). The highest BCUT2D eigenvalue weighted by atomic mass is 16.5. The number of imidazole rings is 1. The van der Waals surface area contributed by atoms with Crippen LogP contribution < -0.4 is 5.76 Å². The number of nitrogens with zero attached hydrogens (tertiary/aromatic N) is 3. The van der Waals surface area contributed by atoms with Crippen molar-refractivity contribution in [1.82, 2.24) is 25.1 Å². The average Bonchev–Trinajstić information content (AvgIpc) is 2.98. The van der Waals surface area contributed by atoms with Crippen LogP contribution in [0.15, 0.2) is 39.9 Å². The van der Waals surface area contributed by atoms with Crippen LogP contribution in [0.1, 0.15) is 0 Å². The van der Waals surface area contributed by atoms with Crippen LogP contribution in [0.2, 0.25) is 0 Å². The third-order valence-electron chi connectivity index (χ3n) is 2.18. The zero-order valence-corrected chi connectivity index (χ0v) is 8.54. The predicted octanol–water partition coefficient (Wildman–Crippen LogP) is 0.815. The Balaban J connectivity index is 2.01. The SMILES string of the molecule is O=c1[nH]c(-c2ncc(-c3ccccn3)[nH]2)no1. The van der Waals surface area contributed by atoms with Crippen LogP contribution in [0.4, 0.5) is 0 Å². The summed E-state index contributed by atoms with van der Waals surface area (Å²) in [4.78, 5) is 24.5. The minimum atomic E-state index is -0.615. The van der Waals surface area contributed by atoms with Gasteiger partial charge in [-0.2, -0.15) is 0 Å². The molecule has 0 fully saturated rings. The van der Waals surface area contributed by atoms with E-state index in [1.807, 2.05) is 18.2 Å². The average molecular weight is 229 g/mol. The number of rotatable bonds is 2. The van der Waals surface area contributed by atoms with Gasteiger partial charge >= 0.3 is 5.76 Å². The van der Waals surface area contributed by atoms with E-state index in [-0.39, 0.29) is 5.82 Å². The Morgan fingerprint density at radius 3 is 2.76 bits per heavy atom. The fraction of sp³-hybridized carbons (Fsp3) is 0. The third kappa shape index (κ3) is 1.73. The van der Waals surface area contributed by atoms with E-state index in [1.165, 1.54) is 0 Å². The molecule has 3 aromatic rings. The zero-order valence-electron chi connectivity index (χ0n) is 8.54. The van der Waals surface area contributed by atoms with Crippen LogP contribution in [0.5, 0.6) is 0 Å². The molecule has 0 bridgehead atoms. The van der Waals surface area contributed by atoms with Crippen molar-refractivity contribution in [2.24, 2.45) is 0 Å². The van der Waals surface area contributed by atoms with Crippen molar-refractivity contribution < 1.29 is 4.52 Å². The van der Waals surface area contributed by atoms with Gasteiger partial charge in [-0.3, -0.25) is 14.5 Å². The number of aromatic amines is 2. The summed E-state index contributed by atoms with van der Waals surface area (Å²) in [6, 6.07) is 5.56. The molecule has 7 nitrogen and oxygen atoms in total. The summed E-state index contributed by atoms with van der Waals surface area (Å²) in [5, 5.41) is 3.54. The van der Waals surface area contributed by atoms with Crippen molar-refractivity contribution in [2.45, 2.75) is 0 Å². The quantitative estimate of drug-likeness (QED) is 0.677. The van der Waals surface area contributed by atoms with Gasteiger partial charge < -0.3 is 4.98 Å². The first-order valence-electron chi connectivity index (χ1n) is 4.86. The van der Waals surface area contributed by atoms with E-state index in [9.17, 15) is 4.79 Å². The maximum absolute atomic E-state index is 10.8. The van der Waals surface area contributed by atoms with Gasteiger partial charge in [0.05, 0.1) is 17.6 Å². The molecule has 0 aromatic carbocycles. The molecule has 2 N–H and O–H groups in total. The molecule has 0 atom stereocenters.